The van der Waals surface area contributed by atoms with Crippen LogP contribution in [0.15, 0.2) is 43.0 Å². The Kier molecular flexibility index (Phi) is 4.12. The first-order valence-electron chi connectivity index (χ1n) is 10.7. The number of benzene rings is 1. The van der Waals surface area contributed by atoms with E-state index in [1.807, 2.05) is 35.5 Å². The molecule has 0 radical (unpaired) electrons. The Morgan fingerprint density at radius 3 is 2.65 bits per heavy atom. The van der Waals surface area contributed by atoms with Crippen LogP contribution in [0.1, 0.15) is 19.8 Å². The number of H-pyrrole nitrogens is 1. The standard InChI is InChI=1S/C23H23N7O/c1-13(31)30-11-15-6-17(7-16(15)12-30)28-23-27-10-19-18(9-26-22(19)29-23)14-2-3-20-21(8-14)25-5-4-24-20/h2-5,8-10,15-17H,6-7,11-12H2,1H3,(H2,26,27,28,29)/t15-,16+,17+. The first-order valence-corrected chi connectivity index (χ1v) is 10.7. The molecule has 31 heavy (non-hydrogen) atoms. The number of fused-ring (bicyclic) bond motifs is 3. The number of rotatable bonds is 3. The van der Waals surface area contributed by atoms with Crippen molar-refractivity contribution in [3.63, 3.8) is 0 Å². The minimum absolute atomic E-state index is 0.189. The summed E-state index contributed by atoms with van der Waals surface area (Å²) in [6.07, 6.45) is 9.37. The number of hydrogen-bond donors (Lipinski definition) is 2. The van der Waals surface area contributed by atoms with Crippen LogP contribution >= 0.6 is 0 Å². The van der Waals surface area contributed by atoms with Crippen LogP contribution in [0.5, 0.6) is 0 Å². The number of aromatic amines is 1. The second-order valence-electron chi connectivity index (χ2n) is 8.67. The molecule has 1 saturated carbocycles. The molecular formula is C23H23N7O. The Morgan fingerprint density at radius 1 is 1.10 bits per heavy atom. The first-order chi connectivity index (χ1) is 15.1. The Morgan fingerprint density at radius 2 is 1.87 bits per heavy atom. The Balaban J connectivity index is 1.21. The zero-order valence-electron chi connectivity index (χ0n) is 17.2. The number of carbonyl (C=O) groups excluding carboxylic acids is 1. The molecule has 2 aliphatic rings. The van der Waals surface area contributed by atoms with Crippen LogP contribution in [0.25, 0.3) is 33.2 Å². The third-order valence-corrected chi connectivity index (χ3v) is 6.74. The van der Waals surface area contributed by atoms with Gasteiger partial charge in [0.2, 0.25) is 11.9 Å². The highest BCUT2D eigenvalue weighted by Gasteiger charge is 2.41. The molecule has 8 nitrogen and oxygen atoms in total. The minimum Gasteiger partial charge on any atom is -0.351 e. The van der Waals surface area contributed by atoms with Crippen molar-refractivity contribution in [2.24, 2.45) is 11.8 Å². The molecule has 1 saturated heterocycles. The van der Waals surface area contributed by atoms with E-state index in [1.165, 1.54) is 0 Å². The zero-order chi connectivity index (χ0) is 20.9. The zero-order valence-corrected chi connectivity index (χ0v) is 17.2. The fourth-order valence-electron chi connectivity index (χ4n) is 5.20. The second-order valence-corrected chi connectivity index (χ2v) is 8.67. The van der Waals surface area contributed by atoms with Gasteiger partial charge >= 0.3 is 0 Å². The smallest absolute Gasteiger partial charge is 0.224 e. The van der Waals surface area contributed by atoms with Gasteiger partial charge in [0.15, 0.2) is 0 Å². The maximum Gasteiger partial charge on any atom is 0.224 e. The SMILES string of the molecule is CC(=O)N1C[C@H]2C[C@H](Nc3ncc4c(-c5ccc6nccnc6c5)c[nH]c4n3)C[C@H]2C1. The average molecular weight is 413 g/mol. The second kappa shape index (κ2) is 7.01. The van der Waals surface area contributed by atoms with Crippen LogP contribution in [0, 0.1) is 11.8 Å². The Labute approximate surface area is 179 Å². The molecule has 2 N–H and O–H groups in total. The summed E-state index contributed by atoms with van der Waals surface area (Å²) in [5.74, 6) is 2.00. The maximum absolute atomic E-state index is 11.6. The van der Waals surface area contributed by atoms with Gasteiger partial charge in [-0.25, -0.2) is 4.98 Å². The molecule has 3 aromatic heterocycles. The van der Waals surface area contributed by atoms with E-state index in [1.54, 1.807) is 19.3 Å². The summed E-state index contributed by atoms with van der Waals surface area (Å²) in [5, 5.41) is 4.50. The number of hydrogen-bond acceptors (Lipinski definition) is 6. The van der Waals surface area contributed by atoms with E-state index >= 15 is 0 Å². The van der Waals surface area contributed by atoms with Crippen LogP contribution in [-0.4, -0.2) is 54.9 Å². The van der Waals surface area contributed by atoms with Gasteiger partial charge in [-0.05, 0) is 42.4 Å². The lowest BCUT2D eigenvalue weighted by Crippen LogP contribution is -2.29. The van der Waals surface area contributed by atoms with Crippen molar-refractivity contribution in [3.05, 3.63) is 43.0 Å². The highest BCUT2D eigenvalue weighted by atomic mass is 16.2. The number of nitrogens with one attached hydrogen (secondary N) is 2. The van der Waals surface area contributed by atoms with Gasteiger partial charge in [0.25, 0.3) is 0 Å². The molecule has 6 rings (SSSR count). The fourth-order valence-corrected chi connectivity index (χ4v) is 5.20. The molecule has 0 spiro atoms. The summed E-state index contributed by atoms with van der Waals surface area (Å²) < 4.78 is 0. The highest BCUT2D eigenvalue weighted by molar-refractivity contribution is 5.95. The number of anilines is 1. The van der Waals surface area contributed by atoms with Gasteiger partial charge in [0.1, 0.15) is 5.65 Å². The van der Waals surface area contributed by atoms with Gasteiger partial charge in [-0.3, -0.25) is 14.8 Å². The van der Waals surface area contributed by atoms with Crippen molar-refractivity contribution in [1.82, 2.24) is 29.8 Å². The lowest BCUT2D eigenvalue weighted by Gasteiger charge is -2.18. The molecule has 1 aliphatic heterocycles. The lowest BCUT2D eigenvalue weighted by atomic mass is 10.0. The molecule has 0 bridgehead atoms. The molecule has 1 amide bonds. The number of nitrogens with zero attached hydrogens (tertiary/aromatic N) is 5. The van der Waals surface area contributed by atoms with Gasteiger partial charge in [-0.1, -0.05) is 6.07 Å². The molecule has 3 atom stereocenters. The van der Waals surface area contributed by atoms with E-state index in [4.69, 9.17) is 4.98 Å². The summed E-state index contributed by atoms with van der Waals surface area (Å²) in [6.45, 7) is 3.43. The molecule has 4 heterocycles. The van der Waals surface area contributed by atoms with Crippen molar-refractivity contribution in [3.8, 4) is 11.1 Å². The molecule has 2 fully saturated rings. The van der Waals surface area contributed by atoms with Gasteiger partial charge in [-0.2, -0.15) is 4.98 Å². The van der Waals surface area contributed by atoms with Gasteiger partial charge in [0.05, 0.1) is 11.0 Å². The van der Waals surface area contributed by atoms with E-state index in [-0.39, 0.29) is 5.91 Å². The van der Waals surface area contributed by atoms with E-state index in [9.17, 15) is 4.79 Å². The van der Waals surface area contributed by atoms with Crippen LogP contribution in [0.3, 0.4) is 0 Å². The lowest BCUT2D eigenvalue weighted by molar-refractivity contribution is -0.128. The average Bonchev–Trinajstić information content (AvgIpc) is 3.46. The molecule has 156 valence electrons. The van der Waals surface area contributed by atoms with E-state index in [0.717, 1.165) is 59.1 Å². The first kappa shape index (κ1) is 18.2. The van der Waals surface area contributed by atoms with Gasteiger partial charge in [-0.15, -0.1) is 0 Å². The fraction of sp³-hybridized carbons (Fsp3) is 0.348. The summed E-state index contributed by atoms with van der Waals surface area (Å²) in [7, 11) is 0. The van der Waals surface area contributed by atoms with Crippen LogP contribution in [0.4, 0.5) is 5.95 Å². The third-order valence-electron chi connectivity index (χ3n) is 6.74. The number of carbonyl (C=O) groups is 1. The van der Waals surface area contributed by atoms with Crippen LogP contribution < -0.4 is 5.32 Å². The predicted molar refractivity (Wildman–Crippen MR) is 118 cm³/mol. The van der Waals surface area contributed by atoms with E-state index in [0.29, 0.717) is 23.8 Å². The Bertz CT molecular complexity index is 1290. The largest absolute Gasteiger partial charge is 0.351 e. The van der Waals surface area contributed by atoms with Crippen molar-refractivity contribution < 1.29 is 4.79 Å². The van der Waals surface area contributed by atoms with Crippen molar-refractivity contribution in [2.75, 3.05) is 18.4 Å². The van der Waals surface area contributed by atoms with Gasteiger partial charge in [0, 0.05) is 61.8 Å². The molecule has 1 aromatic carbocycles. The predicted octanol–water partition coefficient (Wildman–Crippen LogP) is 3.24. The van der Waals surface area contributed by atoms with Crippen LogP contribution in [-0.2, 0) is 4.79 Å². The Hall–Kier alpha value is -3.55. The van der Waals surface area contributed by atoms with Gasteiger partial charge < -0.3 is 15.2 Å². The third kappa shape index (κ3) is 3.19. The maximum atomic E-state index is 11.6. The summed E-state index contributed by atoms with van der Waals surface area (Å²) in [6, 6.07) is 6.43. The molecule has 1 aliphatic carbocycles. The normalized spacial score (nSPS) is 22.9. The number of likely N-dealkylation sites (tertiary alicyclic amines) is 1. The summed E-state index contributed by atoms with van der Waals surface area (Å²) in [4.78, 5) is 34.9. The molecule has 8 heteroatoms. The highest BCUT2D eigenvalue weighted by Crippen LogP contribution is 2.39. The summed E-state index contributed by atoms with van der Waals surface area (Å²) >= 11 is 0. The quantitative estimate of drug-likeness (QED) is 0.535. The van der Waals surface area contributed by atoms with E-state index in [2.05, 4.69) is 25.3 Å². The topological polar surface area (TPSA) is 99.7 Å². The monoisotopic (exact) mass is 413 g/mol. The van der Waals surface area contributed by atoms with Crippen molar-refractivity contribution in [2.45, 2.75) is 25.8 Å². The minimum atomic E-state index is 0.189. The van der Waals surface area contributed by atoms with Crippen molar-refractivity contribution >= 4 is 33.9 Å². The number of aromatic nitrogens is 5. The summed E-state index contributed by atoms with van der Waals surface area (Å²) in [5.41, 5.74) is 4.66. The molecular weight excluding hydrogens is 390 g/mol. The van der Waals surface area contributed by atoms with Crippen molar-refractivity contribution in [1.29, 1.82) is 0 Å². The molecule has 4 aromatic rings. The van der Waals surface area contributed by atoms with E-state index < -0.39 is 0 Å². The number of amides is 1. The van der Waals surface area contributed by atoms with Crippen LogP contribution in [0.2, 0.25) is 0 Å². The molecule has 0 unspecified atom stereocenters.